The van der Waals surface area contributed by atoms with E-state index in [9.17, 15) is 0 Å². The highest BCUT2D eigenvalue weighted by atomic mass is 35.5. The van der Waals surface area contributed by atoms with Crippen LogP contribution in [0.15, 0.2) is 18.2 Å². The molecule has 0 aliphatic heterocycles. The number of anilines is 1. The molecular formula is C12H15ClN2O2. The number of aliphatic hydroxyl groups excluding tert-OH is 1. The maximum Gasteiger partial charge on any atom is 0.103 e. The second kappa shape index (κ2) is 7.91. The first kappa shape index (κ1) is 13.8. The van der Waals surface area contributed by atoms with E-state index in [0.29, 0.717) is 30.3 Å². The van der Waals surface area contributed by atoms with E-state index in [0.717, 1.165) is 12.1 Å². The van der Waals surface area contributed by atoms with Crippen LogP contribution in [0.1, 0.15) is 12.0 Å². The van der Waals surface area contributed by atoms with E-state index in [1.165, 1.54) is 0 Å². The summed E-state index contributed by atoms with van der Waals surface area (Å²) >= 11 is 5.90. The summed E-state index contributed by atoms with van der Waals surface area (Å²) in [6, 6.07) is 7.37. The fraction of sp³-hybridized carbons (Fsp3) is 0.417. The molecule has 0 heterocycles. The SMILES string of the molecule is N#Cc1c(Cl)cccc1NCCCOCCO. The summed E-state index contributed by atoms with van der Waals surface area (Å²) in [5.41, 5.74) is 1.20. The number of nitriles is 1. The number of halogens is 1. The quantitative estimate of drug-likeness (QED) is 0.731. The standard InChI is InChI=1S/C12H15ClN2O2/c13-11-3-1-4-12(10(11)9-14)15-5-2-7-17-8-6-16/h1,3-4,15-16H,2,5-8H2. The number of aliphatic hydroxyl groups is 1. The van der Waals surface area contributed by atoms with Gasteiger partial charge in [0.2, 0.25) is 0 Å². The van der Waals surface area contributed by atoms with Gasteiger partial charge in [-0.05, 0) is 18.6 Å². The van der Waals surface area contributed by atoms with E-state index in [-0.39, 0.29) is 6.61 Å². The lowest BCUT2D eigenvalue weighted by molar-refractivity contribution is 0.0922. The van der Waals surface area contributed by atoms with E-state index >= 15 is 0 Å². The van der Waals surface area contributed by atoms with Gasteiger partial charge >= 0.3 is 0 Å². The molecule has 0 aromatic heterocycles. The Labute approximate surface area is 106 Å². The Morgan fingerprint density at radius 2 is 2.24 bits per heavy atom. The lowest BCUT2D eigenvalue weighted by Crippen LogP contribution is -2.08. The van der Waals surface area contributed by atoms with Crippen molar-refractivity contribution in [1.82, 2.24) is 0 Å². The normalized spacial score (nSPS) is 9.94. The van der Waals surface area contributed by atoms with Crippen LogP contribution < -0.4 is 5.32 Å². The van der Waals surface area contributed by atoms with Crippen LogP contribution in [-0.2, 0) is 4.74 Å². The van der Waals surface area contributed by atoms with Crippen molar-refractivity contribution in [1.29, 1.82) is 5.26 Å². The number of ether oxygens (including phenoxy) is 1. The first-order valence-corrected chi connectivity index (χ1v) is 5.78. The number of nitrogens with one attached hydrogen (secondary N) is 1. The predicted molar refractivity (Wildman–Crippen MR) is 67.2 cm³/mol. The summed E-state index contributed by atoms with van der Waals surface area (Å²) in [6.45, 7) is 1.68. The molecule has 1 aromatic rings. The van der Waals surface area contributed by atoms with Crippen molar-refractivity contribution >= 4 is 17.3 Å². The van der Waals surface area contributed by atoms with E-state index in [1.807, 2.05) is 6.07 Å². The molecule has 0 radical (unpaired) electrons. The summed E-state index contributed by atoms with van der Waals surface area (Å²) in [5.74, 6) is 0. The van der Waals surface area contributed by atoms with E-state index in [1.54, 1.807) is 12.1 Å². The second-order valence-electron chi connectivity index (χ2n) is 3.39. The Kier molecular flexibility index (Phi) is 6.41. The molecule has 1 aromatic carbocycles. The molecule has 4 nitrogen and oxygen atoms in total. The largest absolute Gasteiger partial charge is 0.394 e. The minimum Gasteiger partial charge on any atom is -0.394 e. The third kappa shape index (κ3) is 4.61. The highest BCUT2D eigenvalue weighted by Crippen LogP contribution is 2.22. The van der Waals surface area contributed by atoms with Crippen molar-refractivity contribution in [3.05, 3.63) is 28.8 Å². The van der Waals surface area contributed by atoms with E-state index in [2.05, 4.69) is 11.4 Å². The van der Waals surface area contributed by atoms with Gasteiger partial charge in [-0.15, -0.1) is 0 Å². The van der Waals surface area contributed by atoms with Crippen LogP contribution in [0.25, 0.3) is 0 Å². The number of rotatable bonds is 7. The zero-order valence-corrected chi connectivity index (χ0v) is 10.2. The fourth-order valence-corrected chi connectivity index (χ4v) is 1.57. The molecule has 0 atom stereocenters. The molecule has 92 valence electrons. The van der Waals surface area contributed by atoms with Crippen LogP contribution in [0, 0.1) is 11.3 Å². The monoisotopic (exact) mass is 254 g/mol. The molecule has 0 unspecified atom stereocenters. The molecule has 0 aliphatic rings. The highest BCUT2D eigenvalue weighted by Gasteiger charge is 2.04. The van der Waals surface area contributed by atoms with Crippen molar-refractivity contribution < 1.29 is 9.84 Å². The number of nitrogens with zero attached hydrogens (tertiary/aromatic N) is 1. The van der Waals surface area contributed by atoms with Crippen LogP contribution in [-0.4, -0.2) is 31.5 Å². The predicted octanol–water partition coefficient (Wildman–Crippen LogP) is 2.02. The Bertz CT molecular complexity index is 391. The van der Waals surface area contributed by atoms with Gasteiger partial charge in [0.1, 0.15) is 6.07 Å². The Morgan fingerprint density at radius 3 is 2.94 bits per heavy atom. The number of hydrogen-bond acceptors (Lipinski definition) is 4. The van der Waals surface area contributed by atoms with Crippen molar-refractivity contribution in [2.24, 2.45) is 0 Å². The van der Waals surface area contributed by atoms with Gasteiger partial charge in [-0.1, -0.05) is 17.7 Å². The first-order valence-electron chi connectivity index (χ1n) is 5.40. The van der Waals surface area contributed by atoms with Gasteiger partial charge in [0.15, 0.2) is 0 Å². The molecule has 1 rings (SSSR count). The highest BCUT2D eigenvalue weighted by molar-refractivity contribution is 6.32. The minimum atomic E-state index is 0.0420. The average Bonchev–Trinajstić information content (AvgIpc) is 2.34. The van der Waals surface area contributed by atoms with Crippen molar-refractivity contribution in [3.8, 4) is 6.07 Å². The van der Waals surface area contributed by atoms with Gasteiger partial charge in [0, 0.05) is 13.2 Å². The van der Waals surface area contributed by atoms with E-state index < -0.39 is 0 Å². The van der Waals surface area contributed by atoms with Gasteiger partial charge in [0.25, 0.3) is 0 Å². The van der Waals surface area contributed by atoms with Crippen molar-refractivity contribution in [2.75, 3.05) is 31.7 Å². The van der Waals surface area contributed by atoms with Crippen molar-refractivity contribution in [3.63, 3.8) is 0 Å². The molecule has 5 heteroatoms. The maximum absolute atomic E-state index is 8.95. The third-order valence-electron chi connectivity index (χ3n) is 2.14. The van der Waals surface area contributed by atoms with Crippen LogP contribution in [0.5, 0.6) is 0 Å². The lowest BCUT2D eigenvalue weighted by Gasteiger charge is -2.09. The first-order chi connectivity index (χ1) is 8.29. The number of benzene rings is 1. The van der Waals surface area contributed by atoms with Gasteiger partial charge in [-0.3, -0.25) is 0 Å². The topological polar surface area (TPSA) is 65.3 Å². The average molecular weight is 255 g/mol. The molecule has 0 amide bonds. The summed E-state index contributed by atoms with van der Waals surface area (Å²) in [6.07, 6.45) is 0.803. The fourth-order valence-electron chi connectivity index (χ4n) is 1.35. The molecule has 0 spiro atoms. The molecule has 2 N–H and O–H groups in total. The molecule has 17 heavy (non-hydrogen) atoms. The molecule has 0 bridgehead atoms. The van der Waals surface area contributed by atoms with E-state index in [4.69, 9.17) is 26.7 Å². The number of hydrogen-bond donors (Lipinski definition) is 2. The molecular weight excluding hydrogens is 240 g/mol. The lowest BCUT2D eigenvalue weighted by atomic mass is 10.2. The maximum atomic E-state index is 8.95. The van der Waals surface area contributed by atoms with Crippen LogP contribution in [0.4, 0.5) is 5.69 Å². The smallest absolute Gasteiger partial charge is 0.103 e. The molecule has 0 aliphatic carbocycles. The minimum absolute atomic E-state index is 0.0420. The third-order valence-corrected chi connectivity index (χ3v) is 2.46. The summed E-state index contributed by atoms with van der Waals surface area (Å²) in [4.78, 5) is 0. The molecule has 0 saturated heterocycles. The Morgan fingerprint density at radius 1 is 1.41 bits per heavy atom. The van der Waals surface area contributed by atoms with Gasteiger partial charge in [0.05, 0.1) is 29.5 Å². The molecule has 0 saturated carbocycles. The van der Waals surface area contributed by atoms with Crippen LogP contribution in [0.3, 0.4) is 0 Å². The zero-order chi connectivity index (χ0) is 12.5. The zero-order valence-electron chi connectivity index (χ0n) is 9.45. The van der Waals surface area contributed by atoms with Crippen LogP contribution >= 0.6 is 11.6 Å². The molecule has 0 fully saturated rings. The summed E-state index contributed by atoms with van der Waals surface area (Å²) < 4.78 is 5.12. The second-order valence-corrected chi connectivity index (χ2v) is 3.80. The van der Waals surface area contributed by atoms with Gasteiger partial charge in [-0.25, -0.2) is 0 Å². The Balaban J connectivity index is 2.37. The van der Waals surface area contributed by atoms with Crippen molar-refractivity contribution in [2.45, 2.75) is 6.42 Å². The summed E-state index contributed by atoms with van der Waals surface area (Å²) in [5, 5.41) is 21.0. The Hall–Kier alpha value is -1.28. The van der Waals surface area contributed by atoms with Gasteiger partial charge < -0.3 is 15.2 Å². The van der Waals surface area contributed by atoms with Crippen LogP contribution in [0.2, 0.25) is 5.02 Å². The van der Waals surface area contributed by atoms with Gasteiger partial charge in [-0.2, -0.15) is 5.26 Å². The summed E-state index contributed by atoms with van der Waals surface area (Å²) in [7, 11) is 0.